The Kier molecular flexibility index (Phi) is 14.0. The van der Waals surface area contributed by atoms with E-state index in [0.717, 1.165) is 109 Å². The number of aromatic nitrogens is 3. The molecule has 1 atom stereocenters. The number of pyridine rings is 1. The zero-order valence-electron chi connectivity index (χ0n) is 35.6. The van der Waals surface area contributed by atoms with Crippen molar-refractivity contribution in [1.82, 2.24) is 19.9 Å². The lowest BCUT2D eigenvalue weighted by atomic mass is 9.83. The Balaban J connectivity index is 1.03. The molecule has 4 fully saturated rings. The molecule has 0 unspecified atom stereocenters. The van der Waals surface area contributed by atoms with Gasteiger partial charge in [0.2, 0.25) is 5.91 Å². The number of aromatic amines is 2. The maximum Gasteiger partial charge on any atom is 0.261 e. The number of piperidine rings is 4. The zero-order valence-corrected chi connectivity index (χ0v) is 35.6. The predicted molar refractivity (Wildman–Crippen MR) is 247 cm³/mol. The molecule has 4 saturated heterocycles. The average Bonchev–Trinajstić information content (AvgIpc) is 3.69. The maximum atomic E-state index is 14.3. The molecule has 2 aromatic heterocycles. The lowest BCUT2D eigenvalue weighted by molar-refractivity contribution is -0.116. The Morgan fingerprint density at radius 3 is 2.17 bits per heavy atom. The minimum Gasteiger partial charge on any atom is -0.379 e. The third-order valence-corrected chi connectivity index (χ3v) is 13.4. The summed E-state index contributed by atoms with van der Waals surface area (Å²) in [6.45, 7) is 7.48. The number of hydrogen-bond acceptors (Lipinski definition) is 6. The van der Waals surface area contributed by atoms with Gasteiger partial charge in [0.15, 0.2) is 0 Å². The first-order valence-corrected chi connectivity index (χ1v) is 23.4. The molecule has 314 valence electrons. The van der Waals surface area contributed by atoms with Gasteiger partial charge in [-0.25, -0.2) is 4.98 Å². The molecular formula is C50H67N7O2. The van der Waals surface area contributed by atoms with Crippen molar-refractivity contribution in [2.24, 2.45) is 5.92 Å². The van der Waals surface area contributed by atoms with Gasteiger partial charge in [-0.3, -0.25) is 9.59 Å². The van der Waals surface area contributed by atoms with Crippen LogP contribution >= 0.6 is 0 Å². The number of nitrogens with zero attached hydrogens (tertiary/aromatic N) is 3. The van der Waals surface area contributed by atoms with Gasteiger partial charge < -0.3 is 30.4 Å². The molecule has 4 N–H and O–H groups in total. The fourth-order valence-electron chi connectivity index (χ4n) is 10.0. The molecule has 9 heteroatoms. The van der Waals surface area contributed by atoms with Crippen LogP contribution in [0.4, 0.5) is 17.1 Å². The molecule has 0 radical (unpaired) electrons. The number of amides is 1. The van der Waals surface area contributed by atoms with Crippen LogP contribution in [0.1, 0.15) is 129 Å². The lowest BCUT2D eigenvalue weighted by Crippen LogP contribution is -2.53. The van der Waals surface area contributed by atoms with E-state index < -0.39 is 0 Å². The number of nitrogens with one attached hydrogen (secondary N) is 4. The highest BCUT2D eigenvalue weighted by Crippen LogP contribution is 2.42. The van der Waals surface area contributed by atoms with Crippen molar-refractivity contribution >= 4 is 44.9 Å². The normalized spacial score (nSPS) is 19.1. The van der Waals surface area contributed by atoms with Crippen LogP contribution in [0.25, 0.3) is 44.5 Å². The van der Waals surface area contributed by atoms with Crippen LogP contribution in [-0.4, -0.2) is 64.5 Å². The van der Waals surface area contributed by atoms with Gasteiger partial charge in [0.1, 0.15) is 11.4 Å². The van der Waals surface area contributed by atoms with Crippen molar-refractivity contribution in [3.63, 3.8) is 0 Å². The van der Waals surface area contributed by atoms with Crippen molar-refractivity contribution < 1.29 is 4.79 Å². The van der Waals surface area contributed by atoms with Crippen molar-refractivity contribution in [3.05, 3.63) is 71.0 Å². The van der Waals surface area contributed by atoms with E-state index in [1.165, 1.54) is 89.9 Å². The molecule has 2 bridgehead atoms. The Hall–Kier alpha value is -4.63. The predicted octanol–water partition coefficient (Wildman–Crippen LogP) is 11.7. The van der Waals surface area contributed by atoms with E-state index in [1.807, 2.05) is 30.3 Å². The van der Waals surface area contributed by atoms with Crippen LogP contribution in [0.3, 0.4) is 0 Å². The van der Waals surface area contributed by atoms with Gasteiger partial charge in [0, 0.05) is 54.4 Å². The summed E-state index contributed by atoms with van der Waals surface area (Å²) in [5, 5.41) is 8.19. The van der Waals surface area contributed by atoms with E-state index in [9.17, 15) is 9.59 Å². The molecule has 9 rings (SSSR count). The van der Waals surface area contributed by atoms with Crippen molar-refractivity contribution in [3.8, 4) is 22.5 Å². The van der Waals surface area contributed by atoms with E-state index in [0.29, 0.717) is 23.7 Å². The number of carbonyl (C=O) groups is 1. The van der Waals surface area contributed by atoms with Crippen LogP contribution < -0.4 is 21.1 Å². The zero-order chi connectivity index (χ0) is 40.4. The fourth-order valence-corrected chi connectivity index (χ4v) is 10.0. The van der Waals surface area contributed by atoms with Crippen LogP contribution in [0.15, 0.2) is 65.5 Å². The van der Waals surface area contributed by atoms with Crippen molar-refractivity contribution in [1.29, 1.82) is 0 Å². The van der Waals surface area contributed by atoms with Crippen LogP contribution in [-0.2, 0) is 4.79 Å². The lowest BCUT2D eigenvalue weighted by Gasteiger charge is -2.45. The molecule has 3 aromatic carbocycles. The number of para-hydroxylation sites is 2. The topological polar surface area (TPSA) is 109 Å². The monoisotopic (exact) mass is 798 g/mol. The van der Waals surface area contributed by atoms with Gasteiger partial charge in [0.05, 0.1) is 22.2 Å². The molecule has 4 aliphatic heterocycles. The van der Waals surface area contributed by atoms with Gasteiger partial charge in [-0.1, -0.05) is 108 Å². The van der Waals surface area contributed by atoms with E-state index >= 15 is 0 Å². The van der Waals surface area contributed by atoms with E-state index in [1.54, 1.807) is 0 Å². The maximum absolute atomic E-state index is 14.3. The summed E-state index contributed by atoms with van der Waals surface area (Å²) < 4.78 is 0. The van der Waals surface area contributed by atoms with Crippen molar-refractivity contribution in [2.45, 2.75) is 135 Å². The van der Waals surface area contributed by atoms with E-state index in [2.05, 4.69) is 67.7 Å². The average molecular weight is 798 g/mol. The van der Waals surface area contributed by atoms with Gasteiger partial charge in [-0.05, 0) is 99.5 Å². The minimum absolute atomic E-state index is 0.0806. The molecule has 0 saturated carbocycles. The molecule has 4 aliphatic rings. The molecule has 6 heterocycles. The first kappa shape index (κ1) is 41.1. The summed E-state index contributed by atoms with van der Waals surface area (Å²) in [7, 11) is 0. The number of anilines is 3. The smallest absolute Gasteiger partial charge is 0.261 e. The molecule has 1 amide bonds. The minimum atomic E-state index is -0.147. The Morgan fingerprint density at radius 2 is 1.47 bits per heavy atom. The summed E-state index contributed by atoms with van der Waals surface area (Å²) in [5.41, 5.74) is 7.91. The third kappa shape index (κ3) is 10.2. The van der Waals surface area contributed by atoms with E-state index in [-0.39, 0.29) is 17.5 Å². The van der Waals surface area contributed by atoms with Crippen LogP contribution in [0, 0.1) is 5.92 Å². The summed E-state index contributed by atoms with van der Waals surface area (Å²) in [6, 6.07) is 21.0. The molecule has 9 nitrogen and oxygen atoms in total. The number of benzene rings is 3. The van der Waals surface area contributed by atoms with Gasteiger partial charge >= 0.3 is 0 Å². The van der Waals surface area contributed by atoms with Gasteiger partial charge in [-0.2, -0.15) is 0 Å². The highest BCUT2D eigenvalue weighted by Gasteiger charge is 2.35. The second kappa shape index (κ2) is 20.1. The first-order valence-electron chi connectivity index (χ1n) is 23.4. The van der Waals surface area contributed by atoms with Gasteiger partial charge in [-0.15, -0.1) is 0 Å². The largest absolute Gasteiger partial charge is 0.379 e. The van der Waals surface area contributed by atoms with Gasteiger partial charge in [0.25, 0.3) is 5.56 Å². The number of H-pyrrole nitrogens is 2. The molecular weight excluding hydrogens is 731 g/mol. The number of hydrogen-bond donors (Lipinski definition) is 4. The summed E-state index contributed by atoms with van der Waals surface area (Å²) >= 11 is 0. The Labute approximate surface area is 351 Å². The first-order chi connectivity index (χ1) is 29.0. The number of rotatable bonds is 20. The summed E-state index contributed by atoms with van der Waals surface area (Å²) in [6.07, 6.45) is 23.2. The summed E-state index contributed by atoms with van der Waals surface area (Å²) in [4.78, 5) is 44.3. The quantitative estimate of drug-likeness (QED) is 0.0584. The molecule has 0 spiro atoms. The summed E-state index contributed by atoms with van der Waals surface area (Å²) in [5.74, 6) is 1.22. The second-order valence-corrected chi connectivity index (χ2v) is 17.8. The highest BCUT2D eigenvalue weighted by molar-refractivity contribution is 6.04. The molecule has 59 heavy (non-hydrogen) atoms. The SMILES string of the molecule is CCCCCCCCCCCCCCCC(=O)Nc1cccc(-c2cc3c(N[C@H]4CN5CCC4CC5)c(-c4nc5ccccc5[nH]4)c(=O)[nH]c3cc2N2CCCCC2)c1. The Bertz CT molecular complexity index is 2180. The molecule has 5 aromatic rings. The fraction of sp³-hybridized carbons (Fsp3) is 0.540. The Morgan fingerprint density at radius 1 is 0.763 bits per heavy atom. The number of fused-ring (bicyclic) bond motifs is 5. The number of carbonyl (C=O) groups excluding carboxylic acids is 1. The van der Waals surface area contributed by atoms with Crippen LogP contribution in [0.2, 0.25) is 0 Å². The van der Waals surface area contributed by atoms with Crippen LogP contribution in [0.5, 0.6) is 0 Å². The number of imidazole rings is 1. The second-order valence-electron chi connectivity index (χ2n) is 17.8. The highest BCUT2D eigenvalue weighted by atomic mass is 16.1. The van der Waals surface area contributed by atoms with E-state index in [4.69, 9.17) is 4.98 Å². The standard InChI is InChI=1S/C50H67N7O2/c1-2-3-4-5-6-7-8-9-10-11-12-13-15-25-46(58)51-38-22-20-21-37(32-38)39-33-40-43(34-45(39)57-28-18-14-19-29-57)55-50(59)47(49-53-41-23-16-17-24-42(41)54-49)48(40)52-44-35-56-30-26-36(44)27-31-56/h16-17,20-24,32-34,36,44H,2-15,18-19,25-31,35H2,1H3,(H,51,58)(H,53,54)(H2,52,55,59)/t44-/m0/s1. The molecule has 0 aliphatic carbocycles. The number of unbranched alkanes of at least 4 members (excludes halogenated alkanes) is 12. The van der Waals surface area contributed by atoms with Crippen molar-refractivity contribution in [2.75, 3.05) is 48.3 Å². The third-order valence-electron chi connectivity index (χ3n) is 13.4.